The third kappa shape index (κ3) is 6.86. The van der Waals surface area contributed by atoms with Gasteiger partial charge in [0, 0.05) is 61.8 Å². The number of unbranched alkanes of at least 4 members (excludes halogenated alkanes) is 1. The number of carbonyl (C=O) groups excluding carboxylic acids is 1. The van der Waals surface area contributed by atoms with Crippen LogP contribution < -0.4 is 4.90 Å². The fraction of sp³-hybridized carbons (Fsp3) is 0.414. The Bertz CT molecular complexity index is 1140. The first-order valence-electron chi connectivity index (χ1n) is 12.7. The minimum atomic E-state index is 0. The first-order valence-corrected chi connectivity index (χ1v) is 13.4. The van der Waals surface area contributed by atoms with Crippen molar-refractivity contribution in [2.45, 2.75) is 46.1 Å². The molecule has 3 aromatic rings. The highest BCUT2D eigenvalue weighted by Crippen LogP contribution is 2.29. The predicted molar refractivity (Wildman–Crippen MR) is 155 cm³/mol. The van der Waals surface area contributed by atoms with Crippen molar-refractivity contribution in [1.29, 1.82) is 0 Å². The Kier molecular flexibility index (Phi) is 10.7. The van der Waals surface area contributed by atoms with Gasteiger partial charge in [-0.05, 0) is 62.6 Å². The lowest BCUT2D eigenvalue weighted by Gasteiger charge is -2.36. The van der Waals surface area contributed by atoms with E-state index in [1.807, 2.05) is 24.3 Å². The number of ketones is 1. The molecule has 4 nitrogen and oxygen atoms in total. The van der Waals surface area contributed by atoms with Gasteiger partial charge in [-0.2, -0.15) is 0 Å². The second-order valence-electron chi connectivity index (χ2n) is 9.35. The van der Waals surface area contributed by atoms with Gasteiger partial charge in [0.15, 0.2) is 5.78 Å². The SMILES string of the molecule is CCCn1c(-c2ccccc2)cc(C(=O)CCCCN2CCN(c3ccc(Cl)c(Cl)c3)CC2)c1C.Cl. The van der Waals surface area contributed by atoms with Gasteiger partial charge in [-0.15, -0.1) is 12.4 Å². The van der Waals surface area contributed by atoms with E-state index >= 15 is 0 Å². The smallest absolute Gasteiger partial charge is 0.164 e. The fourth-order valence-electron chi connectivity index (χ4n) is 4.95. The van der Waals surface area contributed by atoms with E-state index < -0.39 is 0 Å². The number of rotatable bonds is 10. The van der Waals surface area contributed by atoms with Gasteiger partial charge in [0.1, 0.15) is 0 Å². The molecule has 0 aliphatic carbocycles. The average Bonchev–Trinajstić information content (AvgIpc) is 3.20. The van der Waals surface area contributed by atoms with Crippen LogP contribution in [0.1, 0.15) is 48.7 Å². The lowest BCUT2D eigenvalue weighted by atomic mass is 10.0. The van der Waals surface area contributed by atoms with Gasteiger partial charge in [0.2, 0.25) is 0 Å². The van der Waals surface area contributed by atoms with Crippen LogP contribution in [0.3, 0.4) is 0 Å². The van der Waals surface area contributed by atoms with Crippen molar-refractivity contribution >= 4 is 47.1 Å². The number of carbonyl (C=O) groups is 1. The molecule has 4 rings (SSSR count). The Morgan fingerprint density at radius 1 is 0.889 bits per heavy atom. The second kappa shape index (κ2) is 13.5. The van der Waals surface area contributed by atoms with Crippen LogP contribution in [0.2, 0.25) is 10.0 Å². The second-order valence-corrected chi connectivity index (χ2v) is 10.2. The summed E-state index contributed by atoms with van der Waals surface area (Å²) >= 11 is 12.2. The third-order valence-corrected chi connectivity index (χ3v) is 7.69. The molecule has 194 valence electrons. The van der Waals surface area contributed by atoms with Gasteiger partial charge >= 0.3 is 0 Å². The maximum Gasteiger partial charge on any atom is 0.164 e. The van der Waals surface area contributed by atoms with Gasteiger partial charge in [0.25, 0.3) is 0 Å². The minimum absolute atomic E-state index is 0. The summed E-state index contributed by atoms with van der Waals surface area (Å²) < 4.78 is 2.30. The molecular weight excluding hydrogens is 513 g/mol. The topological polar surface area (TPSA) is 28.5 Å². The molecule has 1 aliphatic rings. The van der Waals surface area contributed by atoms with E-state index in [0.717, 1.165) is 81.2 Å². The number of anilines is 1. The number of benzene rings is 2. The van der Waals surface area contributed by atoms with E-state index in [1.165, 1.54) is 5.56 Å². The fourth-order valence-corrected chi connectivity index (χ4v) is 5.25. The molecule has 36 heavy (non-hydrogen) atoms. The molecule has 1 aliphatic heterocycles. The molecule has 0 spiro atoms. The summed E-state index contributed by atoms with van der Waals surface area (Å²) in [5.41, 5.74) is 5.42. The molecule has 1 aromatic heterocycles. The summed E-state index contributed by atoms with van der Waals surface area (Å²) in [6.45, 7) is 10.2. The molecule has 0 saturated carbocycles. The van der Waals surface area contributed by atoms with Crippen LogP contribution in [0, 0.1) is 6.92 Å². The molecule has 1 fully saturated rings. The van der Waals surface area contributed by atoms with E-state index in [2.05, 4.69) is 58.5 Å². The number of hydrogen-bond acceptors (Lipinski definition) is 3. The van der Waals surface area contributed by atoms with Crippen molar-refractivity contribution in [3.8, 4) is 11.3 Å². The average molecular weight is 549 g/mol. The van der Waals surface area contributed by atoms with Gasteiger partial charge in [-0.25, -0.2) is 0 Å². The largest absolute Gasteiger partial charge is 0.369 e. The molecule has 0 bridgehead atoms. The van der Waals surface area contributed by atoms with Crippen LogP contribution in [-0.2, 0) is 6.54 Å². The first kappa shape index (κ1) is 28.6. The van der Waals surface area contributed by atoms with Crippen molar-refractivity contribution < 1.29 is 4.79 Å². The number of hydrogen-bond donors (Lipinski definition) is 0. The number of Topliss-reactive ketones (excluding diaryl/α,β-unsaturated/α-hetero) is 1. The van der Waals surface area contributed by atoms with E-state index in [9.17, 15) is 4.79 Å². The van der Waals surface area contributed by atoms with Crippen LogP contribution in [0.5, 0.6) is 0 Å². The Hall–Kier alpha value is -1.98. The predicted octanol–water partition coefficient (Wildman–Crippen LogP) is 7.78. The standard InChI is InChI=1S/C29H35Cl2N3O.ClH/c1-3-14-34-22(2)25(21-28(34)23-9-5-4-6-10-23)29(35)11-7-8-15-32-16-18-33(19-17-32)24-12-13-26(30)27(31)20-24;/h4-6,9-10,12-13,20-21H,3,7-8,11,14-19H2,1-2H3;1H. The quantitative estimate of drug-likeness (QED) is 0.191. The molecule has 0 atom stereocenters. The normalized spacial score (nSPS) is 14.1. The zero-order valence-corrected chi connectivity index (χ0v) is 23.5. The van der Waals surface area contributed by atoms with Crippen LogP contribution in [-0.4, -0.2) is 48.0 Å². The maximum atomic E-state index is 13.1. The molecule has 0 unspecified atom stereocenters. The first-order chi connectivity index (χ1) is 17.0. The summed E-state index contributed by atoms with van der Waals surface area (Å²) in [5.74, 6) is 0.263. The number of piperazine rings is 1. The number of nitrogens with zero attached hydrogens (tertiary/aromatic N) is 3. The monoisotopic (exact) mass is 547 g/mol. The molecule has 2 aromatic carbocycles. The summed E-state index contributed by atoms with van der Waals surface area (Å²) in [6.07, 6.45) is 3.61. The minimum Gasteiger partial charge on any atom is -0.369 e. The van der Waals surface area contributed by atoms with Crippen LogP contribution in [0.4, 0.5) is 5.69 Å². The summed E-state index contributed by atoms with van der Waals surface area (Å²) in [5, 5.41) is 1.20. The third-order valence-electron chi connectivity index (χ3n) is 6.95. The van der Waals surface area contributed by atoms with E-state index in [1.54, 1.807) is 0 Å². The van der Waals surface area contributed by atoms with E-state index in [0.29, 0.717) is 16.5 Å². The lowest BCUT2D eigenvalue weighted by Crippen LogP contribution is -2.46. The molecule has 2 heterocycles. The van der Waals surface area contributed by atoms with Crippen molar-refractivity contribution in [1.82, 2.24) is 9.47 Å². The summed E-state index contributed by atoms with van der Waals surface area (Å²) in [6, 6.07) is 18.3. The summed E-state index contributed by atoms with van der Waals surface area (Å²) in [4.78, 5) is 18.0. The van der Waals surface area contributed by atoms with Crippen molar-refractivity contribution in [2.75, 3.05) is 37.6 Å². The van der Waals surface area contributed by atoms with Crippen LogP contribution in [0.25, 0.3) is 11.3 Å². The highest BCUT2D eigenvalue weighted by Gasteiger charge is 2.20. The maximum absolute atomic E-state index is 13.1. The van der Waals surface area contributed by atoms with Crippen molar-refractivity contribution in [3.05, 3.63) is 75.9 Å². The van der Waals surface area contributed by atoms with Gasteiger partial charge in [-0.3, -0.25) is 9.69 Å². The molecular formula is C29H36Cl3N3O. The molecule has 1 saturated heterocycles. The van der Waals surface area contributed by atoms with Gasteiger partial charge in [-0.1, -0.05) is 60.5 Å². The van der Waals surface area contributed by atoms with Gasteiger partial charge in [0.05, 0.1) is 10.0 Å². The zero-order chi connectivity index (χ0) is 24.8. The van der Waals surface area contributed by atoms with Crippen LogP contribution in [0.15, 0.2) is 54.6 Å². The molecule has 0 N–H and O–H groups in total. The van der Waals surface area contributed by atoms with Crippen molar-refractivity contribution in [2.24, 2.45) is 0 Å². The number of halogens is 3. The Morgan fingerprint density at radius 3 is 2.28 bits per heavy atom. The highest BCUT2D eigenvalue weighted by atomic mass is 35.5. The Labute approximate surface area is 231 Å². The highest BCUT2D eigenvalue weighted by molar-refractivity contribution is 6.42. The number of aromatic nitrogens is 1. The molecule has 0 radical (unpaired) electrons. The lowest BCUT2D eigenvalue weighted by molar-refractivity contribution is 0.0977. The van der Waals surface area contributed by atoms with Gasteiger partial charge < -0.3 is 9.47 Å². The van der Waals surface area contributed by atoms with E-state index in [-0.39, 0.29) is 18.2 Å². The molecule has 7 heteroatoms. The van der Waals surface area contributed by atoms with Crippen LogP contribution >= 0.6 is 35.6 Å². The van der Waals surface area contributed by atoms with E-state index in [4.69, 9.17) is 23.2 Å². The van der Waals surface area contributed by atoms with Crippen molar-refractivity contribution in [3.63, 3.8) is 0 Å². The summed E-state index contributed by atoms with van der Waals surface area (Å²) in [7, 11) is 0. The zero-order valence-electron chi connectivity index (χ0n) is 21.2. The molecule has 0 amide bonds. The Morgan fingerprint density at radius 2 is 1.61 bits per heavy atom. The Balaban J connectivity index is 0.00000361.